The number of carbonyl (C=O) groups is 1. The smallest absolute Gasteiger partial charge is 0.245 e. The number of amides is 1. The number of hydrogen-bond donors (Lipinski definition) is 2. The summed E-state index contributed by atoms with van der Waals surface area (Å²) >= 11 is 10.5. The molecule has 0 saturated carbocycles. The molecule has 2 rings (SSSR count). The molecule has 0 radical (unpaired) electrons. The monoisotopic (exact) mass is 362 g/mol. The Kier molecular flexibility index (Phi) is 4.44. The summed E-state index contributed by atoms with van der Waals surface area (Å²) in [5.74, 6) is -0.877. The molecule has 0 saturated heterocycles. The predicted octanol–water partition coefficient (Wildman–Crippen LogP) is 3.94. The van der Waals surface area contributed by atoms with Crippen molar-refractivity contribution in [3.8, 4) is 0 Å². The molecular weight excluding hydrogens is 355 g/mol. The minimum absolute atomic E-state index is 0.344. The molecule has 0 fully saturated rings. The van der Waals surface area contributed by atoms with Crippen molar-refractivity contribution in [3.05, 3.63) is 49.8 Å². The Labute approximate surface area is 126 Å². The van der Waals surface area contributed by atoms with Crippen LogP contribution in [0.5, 0.6) is 0 Å². The first kappa shape index (κ1) is 14.3. The summed E-state index contributed by atoms with van der Waals surface area (Å²) < 4.78 is 14.1. The van der Waals surface area contributed by atoms with Gasteiger partial charge in [0.25, 0.3) is 0 Å². The van der Waals surface area contributed by atoms with E-state index in [1.165, 1.54) is 35.6 Å². The van der Waals surface area contributed by atoms with E-state index in [0.717, 1.165) is 0 Å². The zero-order valence-electron chi connectivity index (χ0n) is 9.49. The van der Waals surface area contributed by atoms with Crippen molar-refractivity contribution in [1.82, 2.24) is 0 Å². The van der Waals surface area contributed by atoms with Crippen molar-refractivity contribution in [2.24, 2.45) is 5.73 Å². The van der Waals surface area contributed by atoms with Gasteiger partial charge in [0.15, 0.2) is 0 Å². The van der Waals surface area contributed by atoms with Crippen molar-refractivity contribution in [3.63, 3.8) is 0 Å². The van der Waals surface area contributed by atoms with Crippen LogP contribution in [0.1, 0.15) is 10.9 Å². The lowest BCUT2D eigenvalue weighted by Gasteiger charge is -2.15. The first-order valence-corrected chi connectivity index (χ1v) is 7.22. The van der Waals surface area contributed by atoms with Gasteiger partial charge in [0.05, 0.1) is 0 Å². The Morgan fingerprint density at radius 1 is 1.42 bits per heavy atom. The highest BCUT2D eigenvalue weighted by Gasteiger charge is 2.21. The fourth-order valence-corrected chi connectivity index (χ4v) is 3.30. The zero-order chi connectivity index (χ0) is 14.0. The van der Waals surface area contributed by atoms with Crippen LogP contribution in [0.25, 0.3) is 0 Å². The topological polar surface area (TPSA) is 55.1 Å². The predicted molar refractivity (Wildman–Crippen MR) is 79.0 cm³/mol. The standard InChI is InChI=1S/C12H9BrClFN2OS/c13-8-5-9(19-11(8)14)10(12(16)18)17-7-3-1-6(15)2-4-7/h1-5,10,17H,(H2,16,18). The van der Waals surface area contributed by atoms with Crippen LogP contribution in [-0.2, 0) is 4.79 Å². The summed E-state index contributed by atoms with van der Waals surface area (Å²) in [5.41, 5.74) is 5.98. The third-order valence-electron chi connectivity index (χ3n) is 2.39. The van der Waals surface area contributed by atoms with Gasteiger partial charge in [-0.25, -0.2) is 4.39 Å². The van der Waals surface area contributed by atoms with E-state index in [1.54, 1.807) is 6.07 Å². The van der Waals surface area contributed by atoms with E-state index in [-0.39, 0.29) is 5.82 Å². The second-order valence-electron chi connectivity index (χ2n) is 3.76. The highest BCUT2D eigenvalue weighted by molar-refractivity contribution is 9.10. The van der Waals surface area contributed by atoms with Gasteiger partial charge in [0.1, 0.15) is 16.2 Å². The number of thiophene rings is 1. The number of carbonyl (C=O) groups excluding carboxylic acids is 1. The minimum Gasteiger partial charge on any atom is -0.369 e. The van der Waals surface area contributed by atoms with Crippen molar-refractivity contribution in [1.29, 1.82) is 0 Å². The van der Waals surface area contributed by atoms with Crippen LogP contribution < -0.4 is 11.1 Å². The highest BCUT2D eigenvalue weighted by atomic mass is 79.9. The number of anilines is 1. The average molecular weight is 364 g/mol. The van der Waals surface area contributed by atoms with Crippen molar-refractivity contribution in [2.75, 3.05) is 5.32 Å². The van der Waals surface area contributed by atoms with E-state index in [1.807, 2.05) is 0 Å². The molecule has 1 atom stereocenters. The molecule has 3 nitrogen and oxygen atoms in total. The molecular formula is C12H9BrClFN2OS. The van der Waals surface area contributed by atoms with E-state index in [9.17, 15) is 9.18 Å². The number of halogens is 3. The molecule has 7 heteroatoms. The van der Waals surface area contributed by atoms with E-state index in [0.29, 0.717) is 19.4 Å². The van der Waals surface area contributed by atoms with Crippen molar-refractivity contribution in [2.45, 2.75) is 6.04 Å². The van der Waals surface area contributed by atoms with E-state index < -0.39 is 11.9 Å². The van der Waals surface area contributed by atoms with Gasteiger partial charge in [-0.05, 0) is 46.3 Å². The van der Waals surface area contributed by atoms with Crippen LogP contribution >= 0.6 is 38.9 Å². The maximum absolute atomic E-state index is 12.8. The van der Waals surface area contributed by atoms with Crippen LogP contribution in [-0.4, -0.2) is 5.91 Å². The van der Waals surface area contributed by atoms with Gasteiger partial charge < -0.3 is 11.1 Å². The molecule has 1 unspecified atom stereocenters. The molecule has 2 aromatic rings. The summed E-state index contributed by atoms with van der Waals surface area (Å²) in [6.45, 7) is 0. The molecule has 1 heterocycles. The second kappa shape index (κ2) is 5.90. The Hall–Kier alpha value is -1.11. The van der Waals surface area contributed by atoms with Crippen LogP contribution in [0.2, 0.25) is 4.34 Å². The molecule has 1 aromatic carbocycles. The molecule has 100 valence electrons. The third kappa shape index (κ3) is 3.46. The zero-order valence-corrected chi connectivity index (χ0v) is 12.7. The number of benzene rings is 1. The first-order valence-electron chi connectivity index (χ1n) is 5.23. The lowest BCUT2D eigenvalue weighted by Crippen LogP contribution is -2.26. The molecule has 1 aromatic heterocycles. The van der Waals surface area contributed by atoms with Gasteiger partial charge >= 0.3 is 0 Å². The second-order valence-corrected chi connectivity index (χ2v) is 6.30. The average Bonchev–Trinajstić information content (AvgIpc) is 2.68. The Morgan fingerprint density at radius 2 is 2.05 bits per heavy atom. The Morgan fingerprint density at radius 3 is 2.53 bits per heavy atom. The Bertz CT molecular complexity index is 583. The number of hydrogen-bond acceptors (Lipinski definition) is 3. The van der Waals surface area contributed by atoms with Gasteiger partial charge in [-0.15, -0.1) is 11.3 Å². The number of rotatable bonds is 4. The SMILES string of the molecule is NC(=O)C(Nc1ccc(F)cc1)c1cc(Br)c(Cl)s1. The molecule has 0 aliphatic rings. The number of nitrogens with one attached hydrogen (secondary N) is 1. The maximum Gasteiger partial charge on any atom is 0.245 e. The van der Waals surface area contributed by atoms with Crippen LogP contribution in [0, 0.1) is 5.82 Å². The minimum atomic E-state index is -0.709. The summed E-state index contributed by atoms with van der Waals surface area (Å²) in [4.78, 5) is 12.2. The number of primary amides is 1. The van der Waals surface area contributed by atoms with Gasteiger partial charge in [-0.1, -0.05) is 11.6 Å². The summed E-state index contributed by atoms with van der Waals surface area (Å²) in [6.07, 6.45) is 0. The molecule has 0 spiro atoms. The van der Waals surface area contributed by atoms with Gasteiger partial charge in [-0.3, -0.25) is 4.79 Å². The summed E-state index contributed by atoms with van der Waals surface area (Å²) in [7, 11) is 0. The molecule has 0 aliphatic carbocycles. The Balaban J connectivity index is 2.26. The van der Waals surface area contributed by atoms with E-state index in [4.69, 9.17) is 17.3 Å². The number of nitrogens with two attached hydrogens (primary N) is 1. The van der Waals surface area contributed by atoms with Crippen LogP contribution in [0.15, 0.2) is 34.8 Å². The maximum atomic E-state index is 12.8. The fourth-order valence-electron chi connectivity index (χ4n) is 1.50. The van der Waals surface area contributed by atoms with Crippen LogP contribution in [0.4, 0.5) is 10.1 Å². The van der Waals surface area contributed by atoms with Gasteiger partial charge in [-0.2, -0.15) is 0 Å². The first-order chi connectivity index (χ1) is 8.97. The van der Waals surface area contributed by atoms with Crippen LogP contribution in [0.3, 0.4) is 0 Å². The molecule has 0 aliphatic heterocycles. The largest absolute Gasteiger partial charge is 0.369 e. The molecule has 1 amide bonds. The van der Waals surface area contributed by atoms with E-state index in [2.05, 4.69) is 21.2 Å². The lowest BCUT2D eigenvalue weighted by atomic mass is 10.2. The molecule has 19 heavy (non-hydrogen) atoms. The highest BCUT2D eigenvalue weighted by Crippen LogP contribution is 2.36. The quantitative estimate of drug-likeness (QED) is 0.864. The van der Waals surface area contributed by atoms with E-state index >= 15 is 0 Å². The molecule has 3 N–H and O–H groups in total. The fraction of sp³-hybridized carbons (Fsp3) is 0.0833. The third-order valence-corrected chi connectivity index (χ3v) is 4.93. The van der Waals surface area contributed by atoms with Crippen molar-refractivity contribution >= 4 is 50.5 Å². The normalized spacial score (nSPS) is 12.2. The lowest BCUT2D eigenvalue weighted by molar-refractivity contribution is -0.118. The summed E-state index contributed by atoms with van der Waals surface area (Å²) in [5, 5.41) is 2.95. The van der Waals surface area contributed by atoms with Crippen molar-refractivity contribution < 1.29 is 9.18 Å². The summed E-state index contributed by atoms with van der Waals surface area (Å²) in [6, 6.07) is 6.71. The van der Waals surface area contributed by atoms with Gasteiger partial charge in [0.2, 0.25) is 5.91 Å². The van der Waals surface area contributed by atoms with Gasteiger partial charge in [0, 0.05) is 15.0 Å². The molecule has 0 bridgehead atoms.